The minimum atomic E-state index is 0.0418. The summed E-state index contributed by atoms with van der Waals surface area (Å²) in [7, 11) is 0. The third-order valence-corrected chi connectivity index (χ3v) is 6.54. The van der Waals surface area contributed by atoms with E-state index in [1.807, 2.05) is 0 Å². The van der Waals surface area contributed by atoms with E-state index in [-0.39, 0.29) is 12.7 Å². The number of morpholine rings is 1. The Morgan fingerprint density at radius 1 is 1.10 bits per heavy atom. The first kappa shape index (κ1) is 13.5. The van der Waals surface area contributed by atoms with Gasteiger partial charge in [0.25, 0.3) is 0 Å². The van der Waals surface area contributed by atoms with Crippen molar-refractivity contribution in [2.24, 2.45) is 23.2 Å². The maximum absolute atomic E-state index is 9.37. The van der Waals surface area contributed by atoms with Gasteiger partial charge in [-0.2, -0.15) is 0 Å². The molecule has 0 aromatic rings. The van der Waals surface area contributed by atoms with Gasteiger partial charge in [-0.25, -0.2) is 0 Å². The fourth-order valence-corrected chi connectivity index (χ4v) is 6.12. The van der Waals surface area contributed by atoms with Gasteiger partial charge in [0.2, 0.25) is 0 Å². The molecule has 1 heterocycles. The molecule has 3 nitrogen and oxygen atoms in total. The van der Waals surface area contributed by atoms with Crippen LogP contribution in [-0.4, -0.2) is 48.5 Å². The summed E-state index contributed by atoms with van der Waals surface area (Å²) >= 11 is 0. The van der Waals surface area contributed by atoms with E-state index in [1.165, 1.54) is 45.1 Å². The van der Waals surface area contributed by atoms with Crippen LogP contribution in [0.4, 0.5) is 0 Å². The molecule has 4 saturated carbocycles. The smallest absolute Gasteiger partial charge is 0.0933 e. The molecule has 2 unspecified atom stereocenters. The lowest BCUT2D eigenvalue weighted by molar-refractivity contribution is -0.118. The lowest BCUT2D eigenvalue weighted by Crippen LogP contribution is -2.56. The summed E-state index contributed by atoms with van der Waals surface area (Å²) in [5.41, 5.74) is 0.611. The van der Waals surface area contributed by atoms with Crippen LogP contribution in [0.2, 0.25) is 0 Å². The molecule has 0 amide bonds. The molecular formula is C17H29NO2. The normalized spacial score (nSPS) is 51.6. The van der Waals surface area contributed by atoms with Crippen molar-refractivity contribution in [3.8, 4) is 0 Å². The third kappa shape index (κ3) is 2.32. The number of aliphatic hydroxyl groups is 1. The van der Waals surface area contributed by atoms with E-state index in [0.29, 0.717) is 11.5 Å². The highest BCUT2D eigenvalue weighted by Gasteiger charge is 2.51. The van der Waals surface area contributed by atoms with Crippen molar-refractivity contribution in [1.29, 1.82) is 0 Å². The zero-order valence-electron chi connectivity index (χ0n) is 12.8. The molecule has 4 aliphatic carbocycles. The van der Waals surface area contributed by atoms with E-state index in [1.54, 1.807) is 0 Å². The van der Waals surface area contributed by atoms with Crippen molar-refractivity contribution in [3.05, 3.63) is 0 Å². The van der Waals surface area contributed by atoms with Gasteiger partial charge in [-0.05, 0) is 68.6 Å². The lowest BCUT2D eigenvalue weighted by Gasteiger charge is -2.58. The molecule has 0 spiro atoms. The Hall–Kier alpha value is -0.120. The maximum Gasteiger partial charge on any atom is 0.0933 e. The Morgan fingerprint density at radius 3 is 2.25 bits per heavy atom. The first-order valence-electron chi connectivity index (χ1n) is 8.62. The Bertz CT molecular complexity index is 335. The zero-order valence-corrected chi connectivity index (χ0v) is 12.8. The molecule has 1 saturated heterocycles. The van der Waals surface area contributed by atoms with E-state index >= 15 is 0 Å². The Labute approximate surface area is 122 Å². The van der Waals surface area contributed by atoms with Gasteiger partial charge in [0, 0.05) is 19.1 Å². The highest BCUT2D eigenvalue weighted by Crippen LogP contribution is 2.60. The predicted molar refractivity (Wildman–Crippen MR) is 78.5 cm³/mol. The fourth-order valence-electron chi connectivity index (χ4n) is 6.12. The van der Waals surface area contributed by atoms with Crippen molar-refractivity contribution >= 4 is 0 Å². The minimum Gasteiger partial charge on any atom is -0.394 e. The molecule has 5 aliphatic rings. The molecule has 0 radical (unpaired) electrons. The maximum atomic E-state index is 9.37. The van der Waals surface area contributed by atoms with Crippen molar-refractivity contribution in [3.63, 3.8) is 0 Å². The van der Waals surface area contributed by atoms with Gasteiger partial charge < -0.3 is 9.84 Å². The monoisotopic (exact) mass is 279 g/mol. The molecule has 114 valence electrons. The Morgan fingerprint density at radius 2 is 1.70 bits per heavy atom. The second kappa shape index (κ2) is 4.96. The highest BCUT2D eigenvalue weighted by molar-refractivity contribution is 5.03. The minimum absolute atomic E-state index is 0.0418. The van der Waals surface area contributed by atoms with Crippen LogP contribution in [0.1, 0.15) is 45.4 Å². The summed E-state index contributed by atoms with van der Waals surface area (Å²) in [6, 6.07) is 0.519. The van der Waals surface area contributed by atoms with Crippen LogP contribution in [0.3, 0.4) is 0 Å². The van der Waals surface area contributed by atoms with Crippen molar-refractivity contribution in [1.82, 2.24) is 4.90 Å². The van der Waals surface area contributed by atoms with Crippen LogP contribution in [-0.2, 0) is 4.74 Å². The predicted octanol–water partition coefficient (Wildman–Crippen LogP) is 2.28. The first-order chi connectivity index (χ1) is 9.66. The van der Waals surface area contributed by atoms with Crippen LogP contribution >= 0.6 is 0 Å². The Balaban J connectivity index is 1.47. The third-order valence-electron chi connectivity index (χ3n) is 6.54. The van der Waals surface area contributed by atoms with Crippen molar-refractivity contribution in [2.75, 3.05) is 26.3 Å². The lowest BCUT2D eigenvalue weighted by atomic mass is 9.49. The van der Waals surface area contributed by atoms with Crippen LogP contribution < -0.4 is 0 Å². The zero-order chi connectivity index (χ0) is 13.7. The molecule has 5 rings (SSSR count). The fraction of sp³-hybridized carbons (Fsp3) is 1.00. The number of hydrogen-bond acceptors (Lipinski definition) is 3. The van der Waals surface area contributed by atoms with Gasteiger partial charge in [-0.15, -0.1) is 0 Å². The largest absolute Gasteiger partial charge is 0.394 e. The molecular weight excluding hydrogens is 250 g/mol. The quantitative estimate of drug-likeness (QED) is 0.860. The second-order valence-corrected chi connectivity index (χ2v) is 8.33. The molecule has 1 N–H and O–H groups in total. The summed E-state index contributed by atoms with van der Waals surface area (Å²) in [6.45, 7) is 5.44. The molecule has 0 aromatic carbocycles. The number of hydrogen-bond donors (Lipinski definition) is 1. The van der Waals surface area contributed by atoms with Gasteiger partial charge in [0.15, 0.2) is 0 Å². The number of nitrogens with zero attached hydrogens (tertiary/aromatic N) is 1. The molecule has 0 aromatic heterocycles. The van der Waals surface area contributed by atoms with E-state index in [0.717, 1.165) is 30.9 Å². The van der Waals surface area contributed by atoms with Crippen LogP contribution in [0, 0.1) is 23.2 Å². The highest BCUT2D eigenvalue weighted by atomic mass is 16.5. The summed E-state index contributed by atoms with van der Waals surface area (Å²) in [4.78, 5) is 2.62. The standard InChI is InChI=1S/C17H29NO2/c1-12-10-20-16(9-19)8-18(12)11-17-5-13-2-14(6-17)4-15(3-13)7-17/h12-16,19H,2-11H2,1H3. The summed E-state index contributed by atoms with van der Waals surface area (Å²) in [5.74, 6) is 3.10. The Kier molecular flexibility index (Phi) is 3.36. The summed E-state index contributed by atoms with van der Waals surface area (Å²) in [5, 5.41) is 9.37. The molecule has 5 fully saturated rings. The summed E-state index contributed by atoms with van der Waals surface area (Å²) < 4.78 is 5.70. The molecule has 2 atom stereocenters. The van der Waals surface area contributed by atoms with Gasteiger partial charge in [0.05, 0.1) is 19.3 Å². The van der Waals surface area contributed by atoms with Gasteiger partial charge >= 0.3 is 0 Å². The number of aliphatic hydroxyl groups excluding tert-OH is 1. The molecule has 4 bridgehead atoms. The molecule has 3 heteroatoms. The average Bonchev–Trinajstić information content (AvgIpc) is 2.39. The van der Waals surface area contributed by atoms with Crippen molar-refractivity contribution < 1.29 is 9.84 Å². The van der Waals surface area contributed by atoms with Gasteiger partial charge in [-0.1, -0.05) is 0 Å². The van der Waals surface area contributed by atoms with Crippen LogP contribution in [0.5, 0.6) is 0 Å². The van der Waals surface area contributed by atoms with E-state index in [4.69, 9.17) is 4.74 Å². The van der Waals surface area contributed by atoms with Crippen molar-refractivity contribution in [2.45, 2.75) is 57.6 Å². The van der Waals surface area contributed by atoms with Crippen LogP contribution in [0.25, 0.3) is 0 Å². The topological polar surface area (TPSA) is 32.7 Å². The van der Waals surface area contributed by atoms with Gasteiger partial charge in [0.1, 0.15) is 0 Å². The van der Waals surface area contributed by atoms with E-state index in [9.17, 15) is 5.11 Å². The van der Waals surface area contributed by atoms with E-state index in [2.05, 4.69) is 11.8 Å². The van der Waals surface area contributed by atoms with E-state index < -0.39 is 0 Å². The van der Waals surface area contributed by atoms with Gasteiger partial charge in [-0.3, -0.25) is 4.90 Å². The molecule has 20 heavy (non-hydrogen) atoms. The summed E-state index contributed by atoms with van der Waals surface area (Å²) in [6.07, 6.45) is 9.05. The number of rotatable bonds is 3. The second-order valence-electron chi connectivity index (χ2n) is 8.33. The molecule has 1 aliphatic heterocycles. The first-order valence-corrected chi connectivity index (χ1v) is 8.62. The van der Waals surface area contributed by atoms with Crippen LogP contribution in [0.15, 0.2) is 0 Å². The SMILES string of the molecule is CC1COC(CO)CN1CC12CC3CC(CC(C3)C1)C2. The average molecular weight is 279 g/mol. The number of ether oxygens (including phenoxy) is 1.